The summed E-state index contributed by atoms with van der Waals surface area (Å²) in [6.07, 6.45) is 1.67. The van der Waals surface area contributed by atoms with Crippen molar-refractivity contribution in [2.24, 2.45) is 0 Å². The topological polar surface area (TPSA) is 197 Å². The Hall–Kier alpha value is -2.43. The van der Waals surface area contributed by atoms with Crippen LogP contribution in [-0.4, -0.2) is 119 Å². The molecule has 4 aliphatic rings. The zero-order chi connectivity index (χ0) is 35.1. The molecule has 274 valence electrons. The number of ether oxygens (including phenoxy) is 7. The summed E-state index contributed by atoms with van der Waals surface area (Å²) >= 11 is 0. The van der Waals surface area contributed by atoms with E-state index in [2.05, 4.69) is 24.3 Å². The molecule has 4 N–H and O–H groups in total. The second kappa shape index (κ2) is 20.9. The van der Waals surface area contributed by atoms with E-state index in [1.54, 1.807) is 0 Å². The molecule has 4 rings (SSSR count). The molecule has 2 bridgehead atoms. The highest BCUT2D eigenvalue weighted by molar-refractivity contribution is 5.69. The molecule has 2 saturated heterocycles. The molecule has 1 unspecified atom stereocenters. The van der Waals surface area contributed by atoms with Gasteiger partial charge in [-0.05, 0) is 51.9 Å². The minimum Gasteiger partial charge on any atom is -0.463 e. The van der Waals surface area contributed by atoms with E-state index in [0.29, 0.717) is 12.8 Å². The summed E-state index contributed by atoms with van der Waals surface area (Å²) < 4.78 is 39.5. The summed E-state index contributed by atoms with van der Waals surface area (Å²) in [6, 6.07) is 0. The fourth-order valence-corrected chi connectivity index (χ4v) is 5.75. The quantitative estimate of drug-likeness (QED) is 0.191. The van der Waals surface area contributed by atoms with Crippen LogP contribution in [0.3, 0.4) is 0 Å². The van der Waals surface area contributed by atoms with Crippen LogP contribution in [0.1, 0.15) is 91.4 Å². The van der Waals surface area contributed by atoms with Gasteiger partial charge in [-0.2, -0.15) is 0 Å². The van der Waals surface area contributed by atoms with Gasteiger partial charge in [-0.15, -0.1) is 0 Å². The molecular formula is C34H54O14. The molecule has 0 amide bonds. The average Bonchev–Trinajstić information content (AvgIpc) is 3.03. The molecule has 4 heterocycles. The third kappa shape index (κ3) is 13.1. The van der Waals surface area contributed by atoms with Gasteiger partial charge in [0.15, 0.2) is 18.7 Å². The minimum atomic E-state index is -1.79. The van der Waals surface area contributed by atoms with Crippen LogP contribution < -0.4 is 0 Å². The van der Waals surface area contributed by atoms with Crippen molar-refractivity contribution >= 4 is 17.9 Å². The lowest BCUT2D eigenvalue weighted by Crippen LogP contribution is -2.65. The molecule has 14 nitrogen and oxygen atoms in total. The predicted molar refractivity (Wildman–Crippen MR) is 169 cm³/mol. The lowest BCUT2D eigenvalue weighted by atomic mass is 9.97. The fraction of sp³-hybridized carbons (Fsp3) is 0.794. The smallest absolute Gasteiger partial charge is 0.306 e. The molecule has 0 aromatic rings. The maximum atomic E-state index is 12.7. The molecule has 0 aliphatic carbocycles. The van der Waals surface area contributed by atoms with Crippen molar-refractivity contribution < 1.29 is 68.0 Å². The SMILES string of the molecule is CC(=O)OC[C@H]1O[C@H]2OC(C)CCC/C=C/C/C=C\CCCCCCCC(=O)O[C@H]3[C@H](O)[C@@H](O)[C@H](O[C@@H]2[C@@H](O)[C@@H]1O)O[C@@H]3COC(C)=O. The van der Waals surface area contributed by atoms with Gasteiger partial charge in [0.05, 0.1) is 6.10 Å². The average molecular weight is 687 g/mol. The van der Waals surface area contributed by atoms with Gasteiger partial charge in [0.1, 0.15) is 55.9 Å². The van der Waals surface area contributed by atoms with E-state index in [-0.39, 0.29) is 13.0 Å². The van der Waals surface area contributed by atoms with Crippen LogP contribution in [0.4, 0.5) is 0 Å². The summed E-state index contributed by atoms with van der Waals surface area (Å²) in [4.78, 5) is 35.8. The number of hydrogen-bond acceptors (Lipinski definition) is 14. The van der Waals surface area contributed by atoms with Gasteiger partial charge < -0.3 is 53.6 Å². The summed E-state index contributed by atoms with van der Waals surface area (Å²) in [5, 5.41) is 44.2. The molecule has 0 aromatic heterocycles. The monoisotopic (exact) mass is 686 g/mol. The summed E-state index contributed by atoms with van der Waals surface area (Å²) in [5.41, 5.74) is 0. The highest BCUT2D eigenvalue weighted by Gasteiger charge is 2.52. The van der Waals surface area contributed by atoms with Crippen molar-refractivity contribution in [3.05, 3.63) is 24.3 Å². The highest BCUT2D eigenvalue weighted by Crippen LogP contribution is 2.32. The molecule has 0 spiro atoms. The van der Waals surface area contributed by atoms with E-state index >= 15 is 0 Å². The highest BCUT2D eigenvalue weighted by atomic mass is 16.8. The van der Waals surface area contributed by atoms with Gasteiger partial charge in [0.25, 0.3) is 0 Å². The number of rotatable bonds is 4. The van der Waals surface area contributed by atoms with Crippen LogP contribution in [0.5, 0.6) is 0 Å². The Bertz CT molecular complexity index is 1050. The number of aliphatic hydroxyl groups excluding tert-OH is 4. The Labute approximate surface area is 282 Å². The van der Waals surface area contributed by atoms with Crippen LogP contribution in [0, 0.1) is 0 Å². The Morgan fingerprint density at radius 2 is 1.27 bits per heavy atom. The van der Waals surface area contributed by atoms with E-state index < -0.39 is 92.0 Å². The Kier molecular flexibility index (Phi) is 17.4. The number of carbonyl (C=O) groups is 3. The number of esters is 3. The fourth-order valence-electron chi connectivity index (χ4n) is 5.75. The van der Waals surface area contributed by atoms with E-state index in [1.165, 1.54) is 13.8 Å². The lowest BCUT2D eigenvalue weighted by Gasteiger charge is -2.47. The molecule has 2 fully saturated rings. The third-order valence-corrected chi connectivity index (χ3v) is 8.45. The van der Waals surface area contributed by atoms with Crippen molar-refractivity contribution in [3.8, 4) is 0 Å². The van der Waals surface area contributed by atoms with Crippen LogP contribution in [0.15, 0.2) is 24.3 Å². The number of hydrogen-bond donors (Lipinski definition) is 4. The number of carbonyl (C=O) groups excluding carboxylic acids is 3. The third-order valence-electron chi connectivity index (χ3n) is 8.45. The Balaban J connectivity index is 1.83. The van der Waals surface area contributed by atoms with Gasteiger partial charge in [-0.1, -0.05) is 43.6 Å². The first-order chi connectivity index (χ1) is 23.0. The van der Waals surface area contributed by atoms with Crippen molar-refractivity contribution in [1.82, 2.24) is 0 Å². The van der Waals surface area contributed by atoms with Crippen molar-refractivity contribution in [3.63, 3.8) is 0 Å². The van der Waals surface area contributed by atoms with E-state index in [1.807, 2.05) is 6.92 Å². The molecule has 0 aromatic carbocycles. The van der Waals surface area contributed by atoms with Crippen molar-refractivity contribution in [2.45, 2.75) is 159 Å². The molecule has 4 aliphatic heterocycles. The van der Waals surface area contributed by atoms with Gasteiger partial charge >= 0.3 is 17.9 Å². The maximum Gasteiger partial charge on any atom is 0.306 e. The zero-order valence-electron chi connectivity index (χ0n) is 28.2. The first-order valence-electron chi connectivity index (χ1n) is 17.1. The van der Waals surface area contributed by atoms with Gasteiger partial charge in [0, 0.05) is 20.3 Å². The van der Waals surface area contributed by atoms with Crippen LogP contribution in [-0.2, 0) is 47.5 Å². The standard InChI is InChI=1S/C34H54O14/c1-21-17-15-13-11-9-7-5-4-6-8-10-12-14-16-18-26(37)47-31-25(20-43-23(3)36)46-33(30(41)29(31)40)48-32-28(39)27(38)24(19-42-22(2)35)45-34(32)44-21/h4-5,9,11,21,24-25,27-34,38-41H,6-8,10,12-20H2,1-3H3/b5-4-,11-9+/t21?,24-,25-,27-,28+,29-,30-,31-,32-,33+,34-/m1/s1. The largest absolute Gasteiger partial charge is 0.463 e. The molecule has 0 saturated carbocycles. The molecule has 11 atom stereocenters. The number of aliphatic hydroxyl groups is 4. The molecule has 48 heavy (non-hydrogen) atoms. The minimum absolute atomic E-state index is 0.0843. The van der Waals surface area contributed by atoms with Crippen molar-refractivity contribution in [1.29, 1.82) is 0 Å². The van der Waals surface area contributed by atoms with E-state index in [0.717, 1.165) is 51.4 Å². The molecular weight excluding hydrogens is 632 g/mol. The Morgan fingerprint density at radius 1 is 0.688 bits per heavy atom. The van der Waals surface area contributed by atoms with Crippen molar-refractivity contribution in [2.75, 3.05) is 13.2 Å². The number of fused-ring (bicyclic) bond motifs is 18. The summed E-state index contributed by atoms with van der Waals surface area (Å²) in [5.74, 6) is -1.88. The first-order valence-corrected chi connectivity index (χ1v) is 17.1. The van der Waals surface area contributed by atoms with E-state index in [9.17, 15) is 34.8 Å². The first kappa shape index (κ1) is 40.0. The van der Waals surface area contributed by atoms with Crippen LogP contribution in [0.25, 0.3) is 0 Å². The Morgan fingerprint density at radius 3 is 1.96 bits per heavy atom. The normalized spacial score (nSPS) is 38.1. The molecule has 14 heteroatoms. The second-order valence-electron chi connectivity index (χ2n) is 12.6. The van der Waals surface area contributed by atoms with Crippen LogP contribution in [0.2, 0.25) is 0 Å². The molecule has 0 radical (unpaired) electrons. The van der Waals surface area contributed by atoms with Gasteiger partial charge in [-0.25, -0.2) is 0 Å². The zero-order valence-corrected chi connectivity index (χ0v) is 28.2. The van der Waals surface area contributed by atoms with Gasteiger partial charge in [-0.3, -0.25) is 14.4 Å². The van der Waals surface area contributed by atoms with Crippen LogP contribution >= 0.6 is 0 Å². The maximum absolute atomic E-state index is 12.7. The predicted octanol–water partition coefficient (Wildman–Crippen LogP) is 2.13. The van der Waals surface area contributed by atoms with E-state index in [4.69, 9.17) is 33.2 Å². The number of allylic oxidation sites excluding steroid dienone is 4. The lowest BCUT2D eigenvalue weighted by molar-refractivity contribution is -0.371. The second-order valence-corrected chi connectivity index (χ2v) is 12.6. The summed E-state index contributed by atoms with van der Waals surface area (Å²) in [6.45, 7) is 3.37. The summed E-state index contributed by atoms with van der Waals surface area (Å²) in [7, 11) is 0. The van der Waals surface area contributed by atoms with Gasteiger partial charge in [0.2, 0.25) is 0 Å².